The summed E-state index contributed by atoms with van der Waals surface area (Å²) in [6.45, 7) is 1.97. The zero-order valence-corrected chi connectivity index (χ0v) is 13.8. The zero-order chi connectivity index (χ0) is 18.7. The Hall–Kier alpha value is -3.02. The molecule has 26 heavy (non-hydrogen) atoms. The van der Waals surface area contributed by atoms with Crippen molar-refractivity contribution < 1.29 is 27.1 Å². The maximum Gasteiger partial charge on any atom is 0.416 e. The summed E-state index contributed by atoms with van der Waals surface area (Å²) in [7, 11) is 0. The second kappa shape index (κ2) is 7.07. The van der Waals surface area contributed by atoms with Crippen molar-refractivity contribution in [2.75, 3.05) is 6.61 Å². The number of furan rings is 1. The molecule has 1 aromatic heterocycles. The van der Waals surface area contributed by atoms with E-state index in [1.54, 1.807) is 43.3 Å². The maximum absolute atomic E-state index is 12.7. The van der Waals surface area contributed by atoms with Gasteiger partial charge in [-0.15, -0.1) is 0 Å². The fraction of sp³-hybridized carbons (Fsp3) is 0.150. The SMILES string of the molecule is CCOC(=O)c1ccccc1-c1ccc(-c2ccc(C(F)(F)F)cc2)o1. The average Bonchev–Trinajstić information content (AvgIpc) is 3.11. The summed E-state index contributed by atoms with van der Waals surface area (Å²) in [6, 6.07) is 14.9. The molecule has 0 saturated heterocycles. The van der Waals surface area contributed by atoms with E-state index in [1.165, 1.54) is 12.1 Å². The van der Waals surface area contributed by atoms with Gasteiger partial charge >= 0.3 is 12.1 Å². The molecule has 0 aliphatic carbocycles. The summed E-state index contributed by atoms with van der Waals surface area (Å²) >= 11 is 0. The Morgan fingerprint density at radius 3 is 2.27 bits per heavy atom. The highest BCUT2D eigenvalue weighted by Crippen LogP contribution is 2.33. The molecule has 0 atom stereocenters. The number of halogens is 3. The summed E-state index contributed by atoms with van der Waals surface area (Å²) in [5.41, 5.74) is 0.713. The first-order valence-electron chi connectivity index (χ1n) is 7.94. The molecule has 0 unspecified atom stereocenters. The van der Waals surface area contributed by atoms with E-state index in [9.17, 15) is 18.0 Å². The minimum Gasteiger partial charge on any atom is -0.462 e. The van der Waals surface area contributed by atoms with Crippen LogP contribution < -0.4 is 0 Å². The van der Waals surface area contributed by atoms with Crippen LogP contribution in [-0.4, -0.2) is 12.6 Å². The van der Waals surface area contributed by atoms with Crippen LogP contribution in [0.1, 0.15) is 22.8 Å². The third-order valence-corrected chi connectivity index (χ3v) is 3.79. The molecule has 2 aromatic carbocycles. The standard InChI is InChI=1S/C20H15F3O3/c1-2-25-19(24)16-6-4-3-5-15(16)18-12-11-17(26-18)13-7-9-14(10-8-13)20(21,22)23/h3-12H,2H2,1H3. The van der Waals surface area contributed by atoms with E-state index >= 15 is 0 Å². The molecule has 134 valence electrons. The molecule has 0 aliphatic rings. The van der Waals surface area contributed by atoms with Crippen LogP contribution in [0, 0.1) is 0 Å². The van der Waals surface area contributed by atoms with Gasteiger partial charge in [-0.3, -0.25) is 0 Å². The van der Waals surface area contributed by atoms with Crippen LogP contribution in [0.5, 0.6) is 0 Å². The van der Waals surface area contributed by atoms with Crippen LogP contribution in [-0.2, 0) is 10.9 Å². The molecule has 6 heteroatoms. The summed E-state index contributed by atoms with van der Waals surface area (Å²) in [5, 5.41) is 0. The topological polar surface area (TPSA) is 39.4 Å². The predicted molar refractivity (Wildman–Crippen MR) is 90.5 cm³/mol. The van der Waals surface area contributed by atoms with Crippen molar-refractivity contribution in [1.29, 1.82) is 0 Å². The highest BCUT2D eigenvalue weighted by molar-refractivity contribution is 5.96. The van der Waals surface area contributed by atoms with E-state index in [-0.39, 0.29) is 6.61 Å². The van der Waals surface area contributed by atoms with Gasteiger partial charge in [0.1, 0.15) is 11.5 Å². The Labute approximate surface area is 148 Å². The molecule has 0 radical (unpaired) electrons. The van der Waals surface area contributed by atoms with Crippen LogP contribution in [0.15, 0.2) is 65.1 Å². The van der Waals surface area contributed by atoms with Crippen LogP contribution in [0.3, 0.4) is 0 Å². The van der Waals surface area contributed by atoms with E-state index < -0.39 is 17.7 Å². The number of esters is 1. The summed E-state index contributed by atoms with van der Waals surface area (Å²) < 4.78 is 48.8. The van der Waals surface area contributed by atoms with Gasteiger partial charge in [-0.25, -0.2) is 4.79 Å². The summed E-state index contributed by atoms with van der Waals surface area (Å²) in [6.07, 6.45) is -4.38. The largest absolute Gasteiger partial charge is 0.462 e. The summed E-state index contributed by atoms with van der Waals surface area (Å²) in [4.78, 5) is 12.1. The highest BCUT2D eigenvalue weighted by atomic mass is 19.4. The molecular formula is C20H15F3O3. The van der Waals surface area contributed by atoms with Crippen LogP contribution in [0.4, 0.5) is 13.2 Å². The predicted octanol–water partition coefficient (Wildman–Crippen LogP) is 5.81. The first-order valence-corrected chi connectivity index (χ1v) is 7.94. The molecule has 0 spiro atoms. The number of hydrogen-bond acceptors (Lipinski definition) is 3. The lowest BCUT2D eigenvalue weighted by Crippen LogP contribution is -2.06. The molecule has 0 bridgehead atoms. The Balaban J connectivity index is 1.93. The first-order chi connectivity index (χ1) is 12.4. The van der Waals surface area contributed by atoms with Gasteiger partial charge in [0.15, 0.2) is 0 Å². The molecule has 0 aliphatic heterocycles. The fourth-order valence-corrected chi connectivity index (χ4v) is 2.55. The minimum absolute atomic E-state index is 0.252. The summed E-state index contributed by atoms with van der Waals surface area (Å²) in [5.74, 6) is 0.381. The van der Waals surface area contributed by atoms with Crippen LogP contribution in [0.25, 0.3) is 22.6 Å². The highest BCUT2D eigenvalue weighted by Gasteiger charge is 2.30. The van der Waals surface area contributed by atoms with Gasteiger partial charge in [-0.2, -0.15) is 13.2 Å². The number of rotatable bonds is 4. The molecule has 3 aromatic rings. The molecule has 0 N–H and O–H groups in total. The number of carbonyl (C=O) groups is 1. The number of benzene rings is 2. The molecule has 1 heterocycles. The lowest BCUT2D eigenvalue weighted by molar-refractivity contribution is -0.137. The molecule has 0 fully saturated rings. The first kappa shape index (κ1) is 17.8. The van der Waals surface area contributed by atoms with E-state index in [0.29, 0.717) is 28.2 Å². The smallest absolute Gasteiger partial charge is 0.416 e. The Bertz CT molecular complexity index is 909. The van der Waals surface area contributed by atoms with Crippen molar-refractivity contribution >= 4 is 5.97 Å². The third-order valence-electron chi connectivity index (χ3n) is 3.79. The second-order valence-corrected chi connectivity index (χ2v) is 5.51. The Morgan fingerprint density at radius 2 is 1.62 bits per heavy atom. The number of ether oxygens (including phenoxy) is 1. The minimum atomic E-state index is -4.38. The van der Waals surface area contributed by atoms with Gasteiger partial charge in [0, 0.05) is 11.1 Å². The molecule has 3 rings (SSSR count). The van der Waals surface area contributed by atoms with Crippen molar-refractivity contribution in [3.05, 3.63) is 71.8 Å². The maximum atomic E-state index is 12.7. The van der Waals surface area contributed by atoms with Crippen molar-refractivity contribution in [1.82, 2.24) is 0 Å². The Kier molecular flexibility index (Phi) is 4.84. The number of hydrogen-bond donors (Lipinski definition) is 0. The molecule has 3 nitrogen and oxygen atoms in total. The fourth-order valence-electron chi connectivity index (χ4n) is 2.55. The molecule has 0 amide bonds. The number of alkyl halides is 3. The second-order valence-electron chi connectivity index (χ2n) is 5.51. The normalized spacial score (nSPS) is 11.4. The third kappa shape index (κ3) is 3.64. The van der Waals surface area contributed by atoms with Crippen LogP contribution >= 0.6 is 0 Å². The number of carbonyl (C=O) groups excluding carboxylic acids is 1. The van der Waals surface area contributed by atoms with E-state index in [4.69, 9.17) is 9.15 Å². The average molecular weight is 360 g/mol. The van der Waals surface area contributed by atoms with Gasteiger partial charge in [0.2, 0.25) is 0 Å². The van der Waals surface area contributed by atoms with Crippen LogP contribution in [0.2, 0.25) is 0 Å². The van der Waals surface area contributed by atoms with Crippen molar-refractivity contribution in [3.63, 3.8) is 0 Å². The van der Waals surface area contributed by atoms with Gasteiger partial charge in [0.25, 0.3) is 0 Å². The van der Waals surface area contributed by atoms with E-state index in [1.807, 2.05) is 0 Å². The molecular weight excluding hydrogens is 345 g/mol. The lowest BCUT2D eigenvalue weighted by atomic mass is 10.1. The van der Waals surface area contributed by atoms with Gasteiger partial charge < -0.3 is 9.15 Å². The quantitative estimate of drug-likeness (QED) is 0.551. The molecule has 0 saturated carbocycles. The lowest BCUT2D eigenvalue weighted by Gasteiger charge is -2.07. The van der Waals surface area contributed by atoms with Gasteiger partial charge in [-0.1, -0.05) is 30.3 Å². The van der Waals surface area contributed by atoms with E-state index in [2.05, 4.69) is 0 Å². The van der Waals surface area contributed by atoms with Gasteiger partial charge in [-0.05, 0) is 37.3 Å². The van der Waals surface area contributed by atoms with Crippen molar-refractivity contribution in [2.45, 2.75) is 13.1 Å². The van der Waals surface area contributed by atoms with E-state index in [0.717, 1.165) is 12.1 Å². The Morgan fingerprint density at radius 1 is 0.962 bits per heavy atom. The van der Waals surface area contributed by atoms with Crippen molar-refractivity contribution in [2.24, 2.45) is 0 Å². The monoisotopic (exact) mass is 360 g/mol. The van der Waals surface area contributed by atoms with Crippen molar-refractivity contribution in [3.8, 4) is 22.6 Å². The van der Waals surface area contributed by atoms with Gasteiger partial charge in [0.05, 0.1) is 17.7 Å². The zero-order valence-electron chi connectivity index (χ0n) is 13.8.